The van der Waals surface area contributed by atoms with Crippen molar-refractivity contribution in [1.82, 2.24) is 0 Å². The third-order valence-corrected chi connectivity index (χ3v) is 4.55. The summed E-state index contributed by atoms with van der Waals surface area (Å²) in [7, 11) is 0. The molecule has 0 spiro atoms. The second-order valence-electron chi connectivity index (χ2n) is 6.60. The number of ketones is 2. The zero-order valence-corrected chi connectivity index (χ0v) is 13.0. The van der Waals surface area contributed by atoms with Crippen molar-refractivity contribution in [2.45, 2.75) is 64.1 Å². The summed E-state index contributed by atoms with van der Waals surface area (Å²) in [5.74, 6) is -0.857. The number of Topliss-reactive ketones (excluding diaryl/α,β-unsaturated/α-hetero) is 2. The van der Waals surface area contributed by atoms with E-state index in [0.29, 0.717) is 37.7 Å². The van der Waals surface area contributed by atoms with Crippen LogP contribution in [0.4, 0.5) is 0 Å². The Balaban J connectivity index is 1.97. The zero-order valence-electron chi connectivity index (χ0n) is 13.0. The van der Waals surface area contributed by atoms with Crippen LogP contribution in [0.15, 0.2) is 12.2 Å². The van der Waals surface area contributed by atoms with Crippen molar-refractivity contribution in [3.63, 3.8) is 0 Å². The first-order valence-electron chi connectivity index (χ1n) is 7.96. The van der Waals surface area contributed by atoms with E-state index in [1.807, 2.05) is 0 Å². The molecule has 2 rings (SSSR count). The van der Waals surface area contributed by atoms with Gasteiger partial charge in [-0.3, -0.25) is 9.59 Å². The van der Waals surface area contributed by atoms with E-state index in [2.05, 4.69) is 6.58 Å². The van der Waals surface area contributed by atoms with E-state index in [9.17, 15) is 19.5 Å². The van der Waals surface area contributed by atoms with Crippen molar-refractivity contribution in [3.05, 3.63) is 12.2 Å². The summed E-state index contributed by atoms with van der Waals surface area (Å²) >= 11 is 0. The Morgan fingerprint density at radius 2 is 1.95 bits per heavy atom. The molecule has 0 aromatic heterocycles. The molecule has 1 N–H and O–H groups in total. The van der Waals surface area contributed by atoms with Crippen LogP contribution in [0.1, 0.15) is 51.9 Å². The first-order chi connectivity index (χ1) is 10.4. The minimum Gasteiger partial charge on any atom is -0.459 e. The Morgan fingerprint density at radius 1 is 1.23 bits per heavy atom. The van der Waals surface area contributed by atoms with E-state index >= 15 is 0 Å². The largest absolute Gasteiger partial charge is 0.459 e. The van der Waals surface area contributed by atoms with Crippen LogP contribution in [0.25, 0.3) is 0 Å². The maximum Gasteiger partial charge on any atom is 0.333 e. The highest BCUT2D eigenvalue weighted by atomic mass is 16.5. The second-order valence-corrected chi connectivity index (χ2v) is 6.60. The molecule has 2 aliphatic carbocycles. The van der Waals surface area contributed by atoms with Crippen molar-refractivity contribution in [2.24, 2.45) is 11.8 Å². The summed E-state index contributed by atoms with van der Waals surface area (Å²) in [6.07, 6.45) is 2.46. The van der Waals surface area contributed by atoms with Gasteiger partial charge in [-0.15, -0.1) is 0 Å². The van der Waals surface area contributed by atoms with E-state index in [0.717, 1.165) is 12.8 Å². The molecule has 2 fully saturated rings. The molecule has 2 saturated carbocycles. The molecule has 5 nitrogen and oxygen atoms in total. The lowest BCUT2D eigenvalue weighted by atomic mass is 9.75. The Hall–Kier alpha value is -1.49. The quantitative estimate of drug-likeness (QED) is 0.634. The lowest BCUT2D eigenvalue weighted by Crippen LogP contribution is -2.39. The lowest BCUT2D eigenvalue weighted by Gasteiger charge is -2.33. The molecule has 0 saturated heterocycles. The van der Waals surface area contributed by atoms with Gasteiger partial charge in [0.15, 0.2) is 0 Å². The molecule has 0 aliphatic heterocycles. The van der Waals surface area contributed by atoms with Crippen LogP contribution in [-0.2, 0) is 19.1 Å². The van der Waals surface area contributed by atoms with Crippen LogP contribution < -0.4 is 0 Å². The highest BCUT2D eigenvalue weighted by molar-refractivity contribution is 5.90. The van der Waals surface area contributed by atoms with Crippen LogP contribution in [0.3, 0.4) is 0 Å². The van der Waals surface area contributed by atoms with Gasteiger partial charge in [0.1, 0.15) is 17.7 Å². The van der Waals surface area contributed by atoms with Gasteiger partial charge in [-0.25, -0.2) is 4.79 Å². The van der Waals surface area contributed by atoms with E-state index < -0.39 is 18.2 Å². The number of esters is 1. The van der Waals surface area contributed by atoms with Crippen LogP contribution in [0.2, 0.25) is 0 Å². The topological polar surface area (TPSA) is 80.7 Å². The van der Waals surface area contributed by atoms with Gasteiger partial charge in [-0.1, -0.05) is 6.58 Å². The molecule has 0 aromatic rings. The molecule has 0 amide bonds. The van der Waals surface area contributed by atoms with Crippen LogP contribution in [0, 0.1) is 11.8 Å². The Labute approximate surface area is 130 Å². The van der Waals surface area contributed by atoms with Gasteiger partial charge in [0.05, 0.1) is 6.10 Å². The number of rotatable bonds is 4. The molecule has 0 heterocycles. The summed E-state index contributed by atoms with van der Waals surface area (Å²) in [6, 6.07) is 0. The summed E-state index contributed by atoms with van der Waals surface area (Å²) in [4.78, 5) is 35.7. The predicted octanol–water partition coefficient (Wildman–Crippen LogP) is 1.96. The molecule has 122 valence electrons. The zero-order chi connectivity index (χ0) is 16.3. The molecular formula is C17H24O5. The Bertz CT molecular complexity index is 481. The molecule has 4 unspecified atom stereocenters. The normalized spacial score (nSPS) is 32.4. The Kier molecular flexibility index (Phi) is 5.51. The van der Waals surface area contributed by atoms with E-state index in [4.69, 9.17) is 4.74 Å². The van der Waals surface area contributed by atoms with Crippen LogP contribution in [-0.4, -0.2) is 34.9 Å². The number of aliphatic hydroxyl groups excluding tert-OH is 1. The smallest absolute Gasteiger partial charge is 0.333 e. The van der Waals surface area contributed by atoms with Crippen molar-refractivity contribution in [2.75, 3.05) is 0 Å². The maximum atomic E-state index is 12.6. The molecular weight excluding hydrogens is 284 g/mol. The average Bonchev–Trinajstić information content (AvgIpc) is 2.45. The SMILES string of the molecule is C=C(C)C(=O)OC1CC(O)CC(C(=O)C2CCCC(=O)C2)C1. The number of aliphatic hydroxyl groups is 1. The summed E-state index contributed by atoms with van der Waals surface area (Å²) in [5, 5.41) is 9.97. The summed E-state index contributed by atoms with van der Waals surface area (Å²) < 4.78 is 5.29. The van der Waals surface area contributed by atoms with Gasteiger partial charge in [0.2, 0.25) is 0 Å². The van der Waals surface area contributed by atoms with Crippen molar-refractivity contribution in [3.8, 4) is 0 Å². The van der Waals surface area contributed by atoms with Gasteiger partial charge in [0, 0.05) is 36.7 Å². The summed E-state index contributed by atoms with van der Waals surface area (Å²) in [6.45, 7) is 5.10. The van der Waals surface area contributed by atoms with Crippen molar-refractivity contribution in [1.29, 1.82) is 0 Å². The molecule has 0 bridgehead atoms. The molecule has 0 aromatic carbocycles. The fourth-order valence-electron chi connectivity index (χ4n) is 3.42. The highest BCUT2D eigenvalue weighted by Crippen LogP contribution is 2.33. The van der Waals surface area contributed by atoms with Crippen molar-refractivity contribution < 1.29 is 24.2 Å². The van der Waals surface area contributed by atoms with E-state index in [1.54, 1.807) is 6.92 Å². The first-order valence-corrected chi connectivity index (χ1v) is 7.96. The fraction of sp³-hybridized carbons (Fsp3) is 0.706. The number of ether oxygens (including phenoxy) is 1. The number of carbonyl (C=O) groups is 3. The van der Waals surface area contributed by atoms with Crippen LogP contribution >= 0.6 is 0 Å². The Morgan fingerprint density at radius 3 is 2.59 bits per heavy atom. The van der Waals surface area contributed by atoms with Gasteiger partial charge in [0.25, 0.3) is 0 Å². The molecule has 0 radical (unpaired) electrons. The lowest BCUT2D eigenvalue weighted by molar-refractivity contribution is -0.151. The average molecular weight is 308 g/mol. The molecule has 4 atom stereocenters. The third kappa shape index (κ3) is 4.26. The van der Waals surface area contributed by atoms with Gasteiger partial charge in [-0.05, 0) is 32.6 Å². The van der Waals surface area contributed by atoms with Gasteiger partial charge in [-0.2, -0.15) is 0 Å². The van der Waals surface area contributed by atoms with E-state index in [-0.39, 0.29) is 23.4 Å². The first kappa shape index (κ1) is 16.9. The molecule has 22 heavy (non-hydrogen) atoms. The second kappa shape index (κ2) is 7.18. The number of hydrogen-bond acceptors (Lipinski definition) is 5. The van der Waals surface area contributed by atoms with Gasteiger partial charge < -0.3 is 9.84 Å². The van der Waals surface area contributed by atoms with Crippen LogP contribution in [0.5, 0.6) is 0 Å². The third-order valence-electron chi connectivity index (χ3n) is 4.55. The maximum absolute atomic E-state index is 12.6. The minimum absolute atomic E-state index is 0.0446. The highest BCUT2D eigenvalue weighted by Gasteiger charge is 2.37. The number of carbonyl (C=O) groups excluding carboxylic acids is 3. The minimum atomic E-state index is -0.648. The fourth-order valence-corrected chi connectivity index (χ4v) is 3.42. The monoisotopic (exact) mass is 308 g/mol. The number of hydrogen-bond donors (Lipinski definition) is 1. The molecule has 2 aliphatic rings. The molecule has 5 heteroatoms. The standard InChI is InChI=1S/C17H24O5/c1-10(2)17(21)22-15-8-12(7-14(19)9-15)16(20)11-4-3-5-13(18)6-11/h11-12,14-15,19H,1,3-9H2,2H3. The predicted molar refractivity (Wildman–Crippen MR) is 80.0 cm³/mol. The van der Waals surface area contributed by atoms with Gasteiger partial charge >= 0.3 is 5.97 Å². The van der Waals surface area contributed by atoms with E-state index in [1.165, 1.54) is 0 Å². The summed E-state index contributed by atoms with van der Waals surface area (Å²) in [5.41, 5.74) is 0.306. The van der Waals surface area contributed by atoms with Crippen molar-refractivity contribution >= 4 is 17.5 Å².